The van der Waals surface area contributed by atoms with E-state index in [1.165, 1.54) is 0 Å². The number of pyridine rings is 1. The number of methoxy groups -OCH3 is 2. The molecule has 0 atom stereocenters. The van der Waals surface area contributed by atoms with Crippen molar-refractivity contribution in [1.29, 1.82) is 0 Å². The van der Waals surface area contributed by atoms with Crippen molar-refractivity contribution in [1.82, 2.24) is 10.3 Å². The van der Waals surface area contributed by atoms with E-state index in [0.717, 1.165) is 29.2 Å². The van der Waals surface area contributed by atoms with E-state index in [1.54, 1.807) is 32.5 Å². The third-order valence-electron chi connectivity index (χ3n) is 4.23. The van der Waals surface area contributed by atoms with Gasteiger partial charge < -0.3 is 20.1 Å². The topological polar surface area (TPSA) is 72.5 Å². The van der Waals surface area contributed by atoms with Crippen molar-refractivity contribution in [3.8, 4) is 11.5 Å². The zero-order valence-corrected chi connectivity index (χ0v) is 15.9. The molecule has 0 aliphatic heterocycles. The number of anilines is 2. The van der Waals surface area contributed by atoms with Crippen LogP contribution in [0.1, 0.15) is 15.9 Å². The smallest absolute Gasteiger partial charge is 0.252 e. The first-order chi connectivity index (χ1) is 13.7. The van der Waals surface area contributed by atoms with Crippen LogP contribution in [0.3, 0.4) is 0 Å². The predicted molar refractivity (Wildman–Crippen MR) is 110 cm³/mol. The van der Waals surface area contributed by atoms with E-state index in [-0.39, 0.29) is 5.91 Å². The van der Waals surface area contributed by atoms with Gasteiger partial charge in [-0.05, 0) is 48.4 Å². The lowest BCUT2D eigenvalue weighted by Crippen LogP contribution is -2.25. The van der Waals surface area contributed by atoms with Gasteiger partial charge >= 0.3 is 0 Å². The summed E-state index contributed by atoms with van der Waals surface area (Å²) in [4.78, 5) is 16.6. The summed E-state index contributed by atoms with van der Waals surface area (Å²) in [6, 6.07) is 18.9. The molecule has 1 amide bonds. The molecule has 0 saturated heterocycles. The Kier molecular flexibility index (Phi) is 6.46. The monoisotopic (exact) mass is 377 g/mol. The first kappa shape index (κ1) is 19.2. The Hall–Kier alpha value is -3.54. The van der Waals surface area contributed by atoms with Gasteiger partial charge in [0.15, 0.2) is 0 Å². The second kappa shape index (κ2) is 9.41. The van der Waals surface area contributed by atoms with Crippen molar-refractivity contribution >= 4 is 17.4 Å². The molecular weight excluding hydrogens is 354 g/mol. The van der Waals surface area contributed by atoms with E-state index in [0.29, 0.717) is 17.9 Å². The molecule has 3 rings (SSSR count). The zero-order valence-electron chi connectivity index (χ0n) is 15.9. The number of amides is 1. The highest BCUT2D eigenvalue weighted by atomic mass is 16.5. The Morgan fingerprint density at radius 1 is 0.964 bits per heavy atom. The number of ether oxygens (including phenoxy) is 2. The third kappa shape index (κ3) is 5.23. The molecule has 3 aromatic rings. The van der Waals surface area contributed by atoms with Gasteiger partial charge in [0.2, 0.25) is 0 Å². The van der Waals surface area contributed by atoms with Crippen LogP contribution in [0.5, 0.6) is 11.5 Å². The van der Waals surface area contributed by atoms with Crippen LogP contribution < -0.4 is 20.1 Å². The van der Waals surface area contributed by atoms with Crippen molar-refractivity contribution < 1.29 is 14.3 Å². The molecule has 0 bridgehead atoms. The van der Waals surface area contributed by atoms with Gasteiger partial charge in [-0.3, -0.25) is 4.79 Å². The molecule has 2 N–H and O–H groups in total. The molecule has 6 nitrogen and oxygen atoms in total. The number of carbonyl (C=O) groups is 1. The second-order valence-corrected chi connectivity index (χ2v) is 6.14. The molecule has 2 aromatic carbocycles. The fourth-order valence-corrected chi connectivity index (χ4v) is 2.67. The molecule has 6 heteroatoms. The predicted octanol–water partition coefficient (Wildman–Crippen LogP) is 3.81. The van der Waals surface area contributed by atoms with Gasteiger partial charge in [0.25, 0.3) is 5.91 Å². The van der Waals surface area contributed by atoms with Crippen LogP contribution in [0.25, 0.3) is 0 Å². The number of hydrogen-bond acceptors (Lipinski definition) is 5. The van der Waals surface area contributed by atoms with Gasteiger partial charge in [-0.2, -0.15) is 0 Å². The summed E-state index contributed by atoms with van der Waals surface area (Å²) in [7, 11) is 3.26. The second-order valence-electron chi connectivity index (χ2n) is 6.14. The molecular formula is C22H23N3O3. The quantitative estimate of drug-likeness (QED) is 0.624. The molecule has 0 spiro atoms. The molecule has 1 aromatic heterocycles. The minimum absolute atomic E-state index is 0.144. The van der Waals surface area contributed by atoms with E-state index in [1.807, 2.05) is 48.5 Å². The van der Waals surface area contributed by atoms with Gasteiger partial charge in [-0.25, -0.2) is 4.98 Å². The first-order valence-corrected chi connectivity index (χ1v) is 8.96. The Morgan fingerprint density at radius 3 is 2.43 bits per heavy atom. The van der Waals surface area contributed by atoms with Crippen molar-refractivity contribution in [2.24, 2.45) is 0 Å². The van der Waals surface area contributed by atoms with Crippen molar-refractivity contribution in [3.05, 3.63) is 78.0 Å². The van der Waals surface area contributed by atoms with Gasteiger partial charge in [0, 0.05) is 24.5 Å². The maximum Gasteiger partial charge on any atom is 0.252 e. The Balaban J connectivity index is 1.51. The lowest BCUT2D eigenvalue weighted by molar-refractivity contribution is 0.0954. The number of aromatic nitrogens is 1. The summed E-state index contributed by atoms with van der Waals surface area (Å²) in [6.45, 7) is 0.551. The van der Waals surface area contributed by atoms with Crippen LogP contribution in [0.2, 0.25) is 0 Å². The molecule has 0 unspecified atom stereocenters. The van der Waals surface area contributed by atoms with Crippen LogP contribution in [-0.2, 0) is 6.42 Å². The van der Waals surface area contributed by atoms with Crippen LogP contribution in [0.4, 0.5) is 11.5 Å². The fraction of sp³-hybridized carbons (Fsp3) is 0.182. The minimum atomic E-state index is -0.144. The maximum atomic E-state index is 12.3. The number of nitrogens with one attached hydrogen (secondary N) is 2. The molecule has 0 aliphatic carbocycles. The van der Waals surface area contributed by atoms with Gasteiger partial charge in [-0.15, -0.1) is 0 Å². The van der Waals surface area contributed by atoms with E-state index < -0.39 is 0 Å². The summed E-state index contributed by atoms with van der Waals surface area (Å²) < 4.78 is 10.3. The molecule has 144 valence electrons. The third-order valence-corrected chi connectivity index (χ3v) is 4.23. The molecule has 0 saturated carbocycles. The van der Waals surface area contributed by atoms with Gasteiger partial charge in [-0.1, -0.05) is 18.2 Å². The summed E-state index contributed by atoms with van der Waals surface area (Å²) in [5.74, 6) is 2.09. The van der Waals surface area contributed by atoms with Crippen LogP contribution in [0.15, 0.2) is 66.9 Å². The van der Waals surface area contributed by atoms with E-state index >= 15 is 0 Å². The first-order valence-electron chi connectivity index (χ1n) is 8.96. The largest absolute Gasteiger partial charge is 0.497 e. The summed E-state index contributed by atoms with van der Waals surface area (Å²) >= 11 is 0. The number of benzene rings is 2. The molecule has 0 radical (unpaired) electrons. The maximum absolute atomic E-state index is 12.3. The lowest BCUT2D eigenvalue weighted by Gasteiger charge is -2.09. The van der Waals surface area contributed by atoms with Crippen molar-refractivity contribution in [2.75, 3.05) is 26.1 Å². The van der Waals surface area contributed by atoms with E-state index in [4.69, 9.17) is 9.47 Å². The zero-order chi connectivity index (χ0) is 19.8. The molecule has 0 aliphatic rings. The van der Waals surface area contributed by atoms with Crippen molar-refractivity contribution in [3.63, 3.8) is 0 Å². The average molecular weight is 377 g/mol. The van der Waals surface area contributed by atoms with E-state index in [2.05, 4.69) is 15.6 Å². The van der Waals surface area contributed by atoms with Gasteiger partial charge in [0.05, 0.1) is 19.8 Å². The molecule has 1 heterocycles. The SMILES string of the molecule is COc1ccc(CCNC(=O)c2ccc(Nc3cccc(OC)c3)nc2)cc1. The molecule has 28 heavy (non-hydrogen) atoms. The van der Waals surface area contributed by atoms with Crippen molar-refractivity contribution in [2.45, 2.75) is 6.42 Å². The Bertz CT molecular complexity index is 909. The van der Waals surface area contributed by atoms with Gasteiger partial charge in [0.1, 0.15) is 17.3 Å². The summed E-state index contributed by atoms with van der Waals surface area (Å²) in [5, 5.41) is 6.10. The number of nitrogens with zero attached hydrogens (tertiary/aromatic N) is 1. The highest BCUT2D eigenvalue weighted by molar-refractivity contribution is 5.94. The summed E-state index contributed by atoms with van der Waals surface area (Å²) in [5.41, 5.74) is 2.52. The summed E-state index contributed by atoms with van der Waals surface area (Å²) in [6.07, 6.45) is 2.31. The highest BCUT2D eigenvalue weighted by Crippen LogP contribution is 2.20. The molecule has 0 fully saturated rings. The number of rotatable bonds is 8. The normalized spacial score (nSPS) is 10.2. The highest BCUT2D eigenvalue weighted by Gasteiger charge is 2.06. The standard InChI is InChI=1S/C22H23N3O3/c1-27-19-9-6-16(7-10-19)12-13-23-22(26)17-8-11-21(24-15-17)25-18-4-3-5-20(14-18)28-2/h3-11,14-15H,12-13H2,1-2H3,(H,23,26)(H,24,25). The van der Waals surface area contributed by atoms with Crippen LogP contribution >= 0.6 is 0 Å². The van der Waals surface area contributed by atoms with E-state index in [9.17, 15) is 4.79 Å². The number of hydrogen-bond donors (Lipinski definition) is 2. The Morgan fingerprint density at radius 2 is 1.75 bits per heavy atom. The lowest BCUT2D eigenvalue weighted by atomic mass is 10.1. The van der Waals surface area contributed by atoms with Crippen LogP contribution in [0, 0.1) is 0 Å². The average Bonchev–Trinajstić information content (AvgIpc) is 2.75. The number of carbonyl (C=O) groups excluding carboxylic acids is 1. The van der Waals surface area contributed by atoms with Crippen LogP contribution in [-0.4, -0.2) is 31.7 Å². The minimum Gasteiger partial charge on any atom is -0.497 e. The fourth-order valence-electron chi connectivity index (χ4n) is 2.67. The Labute approximate surface area is 164 Å².